The summed E-state index contributed by atoms with van der Waals surface area (Å²) in [6.45, 7) is 0.905. The van der Waals surface area contributed by atoms with Gasteiger partial charge in [-0.2, -0.15) is 0 Å². The Kier molecular flexibility index (Phi) is 4.14. The summed E-state index contributed by atoms with van der Waals surface area (Å²) in [7, 11) is -2.29. The van der Waals surface area contributed by atoms with E-state index in [2.05, 4.69) is 9.71 Å². The molecule has 0 aromatic carbocycles. The lowest BCUT2D eigenvalue weighted by molar-refractivity contribution is -0.0120. The molecule has 0 saturated carbocycles. The van der Waals surface area contributed by atoms with Gasteiger partial charge in [-0.15, -0.1) is 0 Å². The number of hydrogen-bond donors (Lipinski definition) is 3. The standard InChI is InChI=1S/C11H16N2O6S/c1-18-11(2-3-19-7-11)6-13-20(16,17)8-4-9(10(14)15)12-5-8/h4-5,12-13H,2-3,6-7H2,1H3,(H,14,15). The first-order valence-electron chi connectivity index (χ1n) is 5.93. The molecule has 1 aromatic heterocycles. The van der Waals surface area contributed by atoms with Crippen LogP contribution in [0, 0.1) is 0 Å². The molecule has 0 bridgehead atoms. The largest absolute Gasteiger partial charge is 0.477 e. The van der Waals surface area contributed by atoms with Gasteiger partial charge in [0.1, 0.15) is 16.2 Å². The van der Waals surface area contributed by atoms with Gasteiger partial charge in [-0.3, -0.25) is 0 Å². The Hall–Kier alpha value is -1.42. The van der Waals surface area contributed by atoms with Crippen LogP contribution in [0.4, 0.5) is 0 Å². The summed E-state index contributed by atoms with van der Waals surface area (Å²) in [5.74, 6) is -1.22. The molecule has 0 aliphatic carbocycles. The molecule has 9 heteroatoms. The number of methoxy groups -OCH3 is 1. The summed E-state index contributed by atoms with van der Waals surface area (Å²) in [4.78, 5) is 13.0. The third-order valence-electron chi connectivity index (χ3n) is 3.28. The number of aromatic amines is 1. The van der Waals surface area contributed by atoms with Crippen LogP contribution in [-0.2, 0) is 19.5 Å². The van der Waals surface area contributed by atoms with Crippen molar-refractivity contribution in [3.8, 4) is 0 Å². The van der Waals surface area contributed by atoms with E-state index in [0.29, 0.717) is 19.6 Å². The van der Waals surface area contributed by atoms with E-state index in [9.17, 15) is 13.2 Å². The third kappa shape index (κ3) is 3.01. The highest BCUT2D eigenvalue weighted by molar-refractivity contribution is 7.89. The molecule has 112 valence electrons. The zero-order chi connectivity index (χ0) is 14.8. The van der Waals surface area contributed by atoms with E-state index in [0.717, 1.165) is 12.3 Å². The van der Waals surface area contributed by atoms with Crippen LogP contribution in [0.5, 0.6) is 0 Å². The van der Waals surface area contributed by atoms with Crippen LogP contribution >= 0.6 is 0 Å². The maximum atomic E-state index is 12.1. The summed E-state index contributed by atoms with van der Waals surface area (Å²) in [6, 6.07) is 1.06. The normalized spacial score (nSPS) is 23.1. The predicted octanol–water partition coefficient (Wildman–Crippen LogP) is -0.203. The van der Waals surface area contributed by atoms with Crippen molar-refractivity contribution >= 4 is 16.0 Å². The molecule has 0 spiro atoms. The van der Waals surface area contributed by atoms with Crippen LogP contribution in [0.2, 0.25) is 0 Å². The minimum Gasteiger partial charge on any atom is -0.477 e. The van der Waals surface area contributed by atoms with E-state index < -0.39 is 21.6 Å². The number of ether oxygens (including phenoxy) is 2. The van der Waals surface area contributed by atoms with Crippen molar-refractivity contribution in [1.29, 1.82) is 0 Å². The van der Waals surface area contributed by atoms with Crippen molar-refractivity contribution < 1.29 is 27.8 Å². The van der Waals surface area contributed by atoms with Gasteiger partial charge >= 0.3 is 5.97 Å². The molecular weight excluding hydrogens is 288 g/mol. The third-order valence-corrected chi connectivity index (χ3v) is 4.66. The zero-order valence-electron chi connectivity index (χ0n) is 10.9. The molecule has 0 radical (unpaired) electrons. The Morgan fingerprint density at radius 1 is 1.65 bits per heavy atom. The molecule has 8 nitrogen and oxygen atoms in total. The summed E-state index contributed by atoms with van der Waals surface area (Å²) >= 11 is 0. The van der Waals surface area contributed by atoms with Crippen molar-refractivity contribution in [1.82, 2.24) is 9.71 Å². The Bertz CT molecular complexity index is 588. The number of nitrogens with one attached hydrogen (secondary N) is 2. The van der Waals surface area contributed by atoms with Gasteiger partial charge in [0.05, 0.1) is 6.61 Å². The van der Waals surface area contributed by atoms with Crippen LogP contribution in [0.15, 0.2) is 17.2 Å². The molecule has 20 heavy (non-hydrogen) atoms. The molecule has 1 unspecified atom stereocenters. The lowest BCUT2D eigenvalue weighted by Crippen LogP contribution is -2.44. The van der Waals surface area contributed by atoms with Crippen LogP contribution < -0.4 is 4.72 Å². The molecule has 1 saturated heterocycles. The maximum Gasteiger partial charge on any atom is 0.352 e. The van der Waals surface area contributed by atoms with Gasteiger partial charge in [0.15, 0.2) is 0 Å². The van der Waals surface area contributed by atoms with Crippen LogP contribution in [-0.4, -0.2) is 56.9 Å². The van der Waals surface area contributed by atoms with Gasteiger partial charge < -0.3 is 19.6 Å². The number of sulfonamides is 1. The second-order valence-electron chi connectivity index (χ2n) is 4.57. The lowest BCUT2D eigenvalue weighted by Gasteiger charge is -2.25. The monoisotopic (exact) mass is 304 g/mol. The summed E-state index contributed by atoms with van der Waals surface area (Å²) in [5, 5.41) is 8.76. The number of carboxylic acids is 1. The van der Waals surface area contributed by atoms with Gasteiger partial charge in [-0.1, -0.05) is 0 Å². The van der Waals surface area contributed by atoms with Crippen LogP contribution in [0.1, 0.15) is 16.9 Å². The number of hydrogen-bond acceptors (Lipinski definition) is 5. The minimum atomic E-state index is -3.79. The highest BCUT2D eigenvalue weighted by atomic mass is 32.2. The molecule has 1 atom stereocenters. The maximum absolute atomic E-state index is 12.1. The van der Waals surface area contributed by atoms with Gasteiger partial charge in [0, 0.05) is 32.9 Å². The molecule has 1 aliphatic rings. The zero-order valence-corrected chi connectivity index (χ0v) is 11.7. The number of rotatable bonds is 6. The number of carboxylic acid groups (broad SMARTS) is 1. The number of aromatic carboxylic acids is 1. The first kappa shape index (κ1) is 15.0. The lowest BCUT2D eigenvalue weighted by atomic mass is 10.0. The van der Waals surface area contributed by atoms with E-state index in [1.165, 1.54) is 7.11 Å². The summed E-state index contributed by atoms with van der Waals surface area (Å²) < 4.78 is 37.1. The predicted molar refractivity (Wildman–Crippen MR) is 68.1 cm³/mol. The molecule has 1 aliphatic heterocycles. The molecule has 0 amide bonds. The molecule has 1 fully saturated rings. The quantitative estimate of drug-likeness (QED) is 0.669. The average Bonchev–Trinajstić information content (AvgIpc) is 3.07. The highest BCUT2D eigenvalue weighted by Gasteiger charge is 2.36. The Balaban J connectivity index is 2.08. The molecule has 3 N–H and O–H groups in total. The van der Waals surface area contributed by atoms with Crippen molar-refractivity contribution in [2.75, 3.05) is 26.9 Å². The second-order valence-corrected chi connectivity index (χ2v) is 6.34. The Morgan fingerprint density at radius 3 is 2.90 bits per heavy atom. The van der Waals surface area contributed by atoms with Crippen molar-refractivity contribution in [2.45, 2.75) is 16.9 Å². The van der Waals surface area contributed by atoms with Gasteiger partial charge in [0.2, 0.25) is 10.0 Å². The number of carbonyl (C=O) groups is 1. The average molecular weight is 304 g/mol. The Morgan fingerprint density at radius 2 is 2.40 bits per heavy atom. The smallest absolute Gasteiger partial charge is 0.352 e. The van der Waals surface area contributed by atoms with Crippen molar-refractivity contribution in [2.24, 2.45) is 0 Å². The van der Waals surface area contributed by atoms with Gasteiger partial charge in [0.25, 0.3) is 0 Å². The van der Waals surface area contributed by atoms with E-state index in [-0.39, 0.29) is 17.1 Å². The van der Waals surface area contributed by atoms with E-state index in [4.69, 9.17) is 14.6 Å². The van der Waals surface area contributed by atoms with Crippen molar-refractivity contribution in [3.05, 3.63) is 18.0 Å². The topological polar surface area (TPSA) is 118 Å². The molecule has 2 rings (SSSR count). The van der Waals surface area contributed by atoms with E-state index in [1.807, 2.05) is 0 Å². The fraction of sp³-hybridized carbons (Fsp3) is 0.545. The summed E-state index contributed by atoms with van der Waals surface area (Å²) in [6.07, 6.45) is 1.73. The molecular formula is C11H16N2O6S. The fourth-order valence-electron chi connectivity index (χ4n) is 1.92. The highest BCUT2D eigenvalue weighted by Crippen LogP contribution is 2.22. The van der Waals surface area contributed by atoms with Crippen molar-refractivity contribution in [3.63, 3.8) is 0 Å². The van der Waals surface area contributed by atoms with Crippen LogP contribution in [0.3, 0.4) is 0 Å². The molecule has 2 heterocycles. The number of aromatic nitrogens is 1. The second kappa shape index (κ2) is 5.52. The van der Waals surface area contributed by atoms with Crippen LogP contribution in [0.25, 0.3) is 0 Å². The first-order valence-corrected chi connectivity index (χ1v) is 7.41. The Labute approximate surface area is 116 Å². The van der Waals surface area contributed by atoms with E-state index >= 15 is 0 Å². The first-order chi connectivity index (χ1) is 9.38. The van der Waals surface area contributed by atoms with Gasteiger partial charge in [-0.05, 0) is 6.07 Å². The van der Waals surface area contributed by atoms with E-state index in [1.54, 1.807) is 0 Å². The number of H-pyrrole nitrogens is 1. The summed E-state index contributed by atoms with van der Waals surface area (Å²) in [5.41, 5.74) is -0.852. The minimum absolute atomic E-state index is 0.0689. The fourth-order valence-corrected chi connectivity index (χ4v) is 3.03. The van der Waals surface area contributed by atoms with Gasteiger partial charge in [-0.25, -0.2) is 17.9 Å². The molecule has 1 aromatic rings. The SMILES string of the molecule is COC1(CNS(=O)(=O)c2c[nH]c(C(=O)O)c2)CCOC1.